The van der Waals surface area contributed by atoms with Crippen LogP contribution in [0.15, 0.2) is 0 Å². The molecule has 3 nitrogen and oxygen atoms in total. The first-order valence-corrected chi connectivity index (χ1v) is 5.48. The van der Waals surface area contributed by atoms with Gasteiger partial charge in [0.05, 0.1) is 19.4 Å². The lowest BCUT2D eigenvalue weighted by atomic mass is 10.1. The molecule has 0 aromatic rings. The van der Waals surface area contributed by atoms with Gasteiger partial charge in [-0.05, 0) is 19.3 Å². The maximum absolute atomic E-state index is 5.48. The number of hydrogen-bond donors (Lipinski definition) is 1. The van der Waals surface area contributed by atoms with Gasteiger partial charge in [0.25, 0.3) is 0 Å². The van der Waals surface area contributed by atoms with Crippen LogP contribution < -0.4 is 5.32 Å². The van der Waals surface area contributed by atoms with E-state index in [4.69, 9.17) is 4.74 Å². The Kier molecular flexibility index (Phi) is 3.19. The number of ether oxygens (including phenoxy) is 1. The minimum absolute atomic E-state index is 0.487. The molecule has 2 unspecified atom stereocenters. The molecule has 0 spiro atoms. The first kappa shape index (κ1) is 9.44. The SMILES string of the molecule is CCC1CCCN1C1COCCN1. The van der Waals surface area contributed by atoms with E-state index in [1.165, 1.54) is 25.8 Å². The largest absolute Gasteiger partial charge is 0.377 e. The van der Waals surface area contributed by atoms with Gasteiger partial charge < -0.3 is 4.74 Å². The standard InChI is InChI=1S/C10H20N2O/c1-2-9-4-3-6-12(9)10-8-13-7-5-11-10/h9-11H,2-8H2,1H3. The highest BCUT2D eigenvalue weighted by molar-refractivity contribution is 4.83. The summed E-state index contributed by atoms with van der Waals surface area (Å²) in [6.45, 7) is 6.29. The topological polar surface area (TPSA) is 24.5 Å². The molecule has 2 saturated heterocycles. The molecule has 1 N–H and O–H groups in total. The molecule has 2 heterocycles. The average Bonchev–Trinajstić information content (AvgIpc) is 2.67. The number of nitrogens with one attached hydrogen (secondary N) is 1. The van der Waals surface area contributed by atoms with Crippen molar-refractivity contribution in [3.05, 3.63) is 0 Å². The predicted octanol–water partition coefficient (Wildman–Crippen LogP) is 0.807. The van der Waals surface area contributed by atoms with Crippen LogP contribution in [0.1, 0.15) is 26.2 Å². The number of nitrogens with zero attached hydrogens (tertiary/aromatic N) is 1. The van der Waals surface area contributed by atoms with Gasteiger partial charge in [0, 0.05) is 19.1 Å². The highest BCUT2D eigenvalue weighted by Gasteiger charge is 2.30. The Labute approximate surface area is 80.4 Å². The number of likely N-dealkylation sites (tertiary alicyclic amines) is 1. The Morgan fingerprint density at radius 3 is 3.15 bits per heavy atom. The van der Waals surface area contributed by atoms with Crippen molar-refractivity contribution in [2.75, 3.05) is 26.3 Å². The fourth-order valence-electron chi connectivity index (χ4n) is 2.47. The van der Waals surface area contributed by atoms with Crippen molar-refractivity contribution in [2.45, 2.75) is 38.4 Å². The molecule has 76 valence electrons. The monoisotopic (exact) mass is 184 g/mol. The van der Waals surface area contributed by atoms with Gasteiger partial charge in [-0.3, -0.25) is 10.2 Å². The van der Waals surface area contributed by atoms with Crippen molar-refractivity contribution in [3.8, 4) is 0 Å². The highest BCUT2D eigenvalue weighted by Crippen LogP contribution is 2.22. The van der Waals surface area contributed by atoms with E-state index in [1.54, 1.807) is 0 Å². The van der Waals surface area contributed by atoms with Crippen LogP contribution in [0.3, 0.4) is 0 Å². The molecule has 2 aliphatic rings. The van der Waals surface area contributed by atoms with E-state index in [2.05, 4.69) is 17.1 Å². The van der Waals surface area contributed by atoms with E-state index in [-0.39, 0.29) is 0 Å². The summed E-state index contributed by atoms with van der Waals surface area (Å²) in [5.74, 6) is 0. The molecule has 2 aliphatic heterocycles. The van der Waals surface area contributed by atoms with Crippen molar-refractivity contribution in [3.63, 3.8) is 0 Å². The Morgan fingerprint density at radius 1 is 1.54 bits per heavy atom. The van der Waals surface area contributed by atoms with E-state index in [0.29, 0.717) is 6.17 Å². The molecular formula is C10H20N2O. The van der Waals surface area contributed by atoms with Gasteiger partial charge >= 0.3 is 0 Å². The summed E-state index contributed by atoms with van der Waals surface area (Å²) in [7, 11) is 0. The van der Waals surface area contributed by atoms with Crippen LogP contribution in [0.4, 0.5) is 0 Å². The minimum Gasteiger partial charge on any atom is -0.377 e. The third kappa shape index (κ3) is 2.03. The molecule has 2 rings (SSSR count). The van der Waals surface area contributed by atoms with Crippen molar-refractivity contribution in [1.82, 2.24) is 10.2 Å². The van der Waals surface area contributed by atoms with Gasteiger partial charge in [-0.25, -0.2) is 0 Å². The van der Waals surface area contributed by atoms with E-state index in [1.807, 2.05) is 0 Å². The van der Waals surface area contributed by atoms with E-state index < -0.39 is 0 Å². The third-order valence-electron chi connectivity index (χ3n) is 3.20. The molecule has 0 bridgehead atoms. The lowest BCUT2D eigenvalue weighted by Crippen LogP contribution is -2.54. The van der Waals surface area contributed by atoms with Crippen molar-refractivity contribution >= 4 is 0 Å². The van der Waals surface area contributed by atoms with Gasteiger partial charge in [0.1, 0.15) is 0 Å². The number of hydrogen-bond acceptors (Lipinski definition) is 3. The van der Waals surface area contributed by atoms with Crippen LogP contribution in [-0.4, -0.2) is 43.4 Å². The second-order valence-corrected chi connectivity index (χ2v) is 3.99. The molecule has 0 aromatic heterocycles. The first-order valence-electron chi connectivity index (χ1n) is 5.48. The van der Waals surface area contributed by atoms with Crippen molar-refractivity contribution in [1.29, 1.82) is 0 Å². The zero-order valence-corrected chi connectivity index (χ0v) is 8.46. The van der Waals surface area contributed by atoms with Crippen LogP contribution in [0.25, 0.3) is 0 Å². The molecule has 3 heteroatoms. The van der Waals surface area contributed by atoms with Crippen molar-refractivity contribution in [2.24, 2.45) is 0 Å². The quantitative estimate of drug-likeness (QED) is 0.687. The Morgan fingerprint density at radius 2 is 2.46 bits per heavy atom. The molecule has 0 radical (unpaired) electrons. The number of morpholine rings is 1. The first-order chi connectivity index (χ1) is 6.42. The smallest absolute Gasteiger partial charge is 0.0841 e. The zero-order valence-electron chi connectivity index (χ0n) is 8.46. The van der Waals surface area contributed by atoms with Gasteiger partial charge in [0.2, 0.25) is 0 Å². The second kappa shape index (κ2) is 4.40. The summed E-state index contributed by atoms with van der Waals surface area (Å²) in [5.41, 5.74) is 0. The molecule has 2 atom stereocenters. The molecule has 0 amide bonds. The fraction of sp³-hybridized carbons (Fsp3) is 1.00. The fourth-order valence-corrected chi connectivity index (χ4v) is 2.47. The lowest BCUT2D eigenvalue weighted by molar-refractivity contribution is 0.00339. The zero-order chi connectivity index (χ0) is 9.10. The molecular weight excluding hydrogens is 164 g/mol. The van der Waals surface area contributed by atoms with Gasteiger partial charge in [0.15, 0.2) is 0 Å². The van der Waals surface area contributed by atoms with Crippen LogP contribution in [0.2, 0.25) is 0 Å². The predicted molar refractivity (Wildman–Crippen MR) is 52.6 cm³/mol. The summed E-state index contributed by atoms with van der Waals surface area (Å²) in [4.78, 5) is 2.58. The molecule has 0 aliphatic carbocycles. The van der Waals surface area contributed by atoms with Crippen LogP contribution in [-0.2, 0) is 4.74 Å². The summed E-state index contributed by atoms with van der Waals surface area (Å²) in [6, 6.07) is 0.791. The maximum atomic E-state index is 5.48. The molecule has 0 aromatic carbocycles. The summed E-state index contributed by atoms with van der Waals surface area (Å²) in [6.07, 6.45) is 4.49. The van der Waals surface area contributed by atoms with E-state index in [0.717, 1.165) is 25.8 Å². The Hall–Kier alpha value is -0.120. The average molecular weight is 184 g/mol. The van der Waals surface area contributed by atoms with Crippen molar-refractivity contribution < 1.29 is 4.74 Å². The van der Waals surface area contributed by atoms with E-state index in [9.17, 15) is 0 Å². The van der Waals surface area contributed by atoms with E-state index >= 15 is 0 Å². The maximum Gasteiger partial charge on any atom is 0.0841 e. The molecule has 0 saturated carbocycles. The highest BCUT2D eigenvalue weighted by atomic mass is 16.5. The summed E-state index contributed by atoms with van der Waals surface area (Å²) in [5, 5.41) is 3.53. The second-order valence-electron chi connectivity index (χ2n) is 3.99. The minimum atomic E-state index is 0.487. The summed E-state index contributed by atoms with van der Waals surface area (Å²) < 4.78 is 5.48. The number of rotatable bonds is 2. The lowest BCUT2D eigenvalue weighted by Gasteiger charge is -2.35. The molecule has 2 fully saturated rings. The Bertz CT molecular complexity index is 157. The third-order valence-corrected chi connectivity index (χ3v) is 3.20. The Balaban J connectivity index is 1.90. The molecule has 13 heavy (non-hydrogen) atoms. The van der Waals surface area contributed by atoms with Gasteiger partial charge in [-0.1, -0.05) is 6.92 Å². The van der Waals surface area contributed by atoms with Crippen LogP contribution in [0.5, 0.6) is 0 Å². The van der Waals surface area contributed by atoms with Crippen LogP contribution in [0, 0.1) is 0 Å². The van der Waals surface area contributed by atoms with Gasteiger partial charge in [-0.15, -0.1) is 0 Å². The summed E-state index contributed by atoms with van der Waals surface area (Å²) >= 11 is 0. The normalized spacial score (nSPS) is 36.7. The van der Waals surface area contributed by atoms with Gasteiger partial charge in [-0.2, -0.15) is 0 Å². The van der Waals surface area contributed by atoms with Crippen LogP contribution >= 0.6 is 0 Å².